The molecule has 63 heavy (non-hydrogen) atoms. The molecule has 1 aliphatic heterocycles. The molecule has 0 bridgehead atoms. The number of hydrogen-bond donors (Lipinski definition) is 0. The van der Waals surface area contributed by atoms with Gasteiger partial charge >= 0.3 is 23.9 Å². The normalized spacial score (nSPS) is 17.2. The van der Waals surface area contributed by atoms with Gasteiger partial charge in [-0.05, 0) is 74.0 Å². The van der Waals surface area contributed by atoms with Crippen molar-refractivity contribution < 1.29 is 61.6 Å². The van der Waals surface area contributed by atoms with E-state index in [1.54, 1.807) is 24.3 Å². The van der Waals surface area contributed by atoms with E-state index < -0.39 is 85.2 Å². The second-order valence-corrected chi connectivity index (χ2v) is 17.7. The fourth-order valence-electron chi connectivity index (χ4n) is 7.55. The van der Waals surface area contributed by atoms with Gasteiger partial charge in [0.25, 0.3) is 11.8 Å². The molecule has 3 aliphatic rings. The van der Waals surface area contributed by atoms with E-state index in [0.717, 1.165) is 59.5 Å². The van der Waals surface area contributed by atoms with Crippen molar-refractivity contribution in [2.45, 2.75) is 120 Å². The van der Waals surface area contributed by atoms with Crippen LogP contribution in [0.4, 0.5) is 4.39 Å². The number of rotatable bonds is 24. The number of alkyl halides is 1. The summed E-state index contributed by atoms with van der Waals surface area (Å²) in [7, 11) is 4.09. The van der Waals surface area contributed by atoms with Crippen LogP contribution in [0.3, 0.4) is 0 Å². The highest BCUT2D eigenvalue weighted by Crippen LogP contribution is 2.36. The van der Waals surface area contributed by atoms with Gasteiger partial charge in [0.05, 0.1) is 0 Å². The third kappa shape index (κ3) is 15.4. The smallest absolute Gasteiger partial charge is 0.344 e. The van der Waals surface area contributed by atoms with E-state index in [1.165, 1.54) is 39.9 Å². The second kappa shape index (κ2) is 22.8. The molecule has 3 fully saturated rings. The Labute approximate surface area is 368 Å². The minimum Gasteiger partial charge on any atom is -0.458 e. The van der Waals surface area contributed by atoms with Crippen LogP contribution in [0.2, 0.25) is 0 Å². The van der Waals surface area contributed by atoms with Crippen LogP contribution in [-0.4, -0.2) is 134 Å². The van der Waals surface area contributed by atoms with Crippen LogP contribution in [0, 0.1) is 11.8 Å². The summed E-state index contributed by atoms with van der Waals surface area (Å²) in [6.07, 6.45) is 4.12. The van der Waals surface area contributed by atoms with Crippen LogP contribution in [-0.2, 0) is 70.3 Å². The number of esters is 4. The maximum absolute atomic E-state index is 15.4. The summed E-state index contributed by atoms with van der Waals surface area (Å²) >= 11 is 0. The number of likely N-dealkylation sites (N-methyl/N-ethyl adjacent to an activating group) is 3. The predicted molar refractivity (Wildman–Crippen MR) is 226 cm³/mol. The summed E-state index contributed by atoms with van der Waals surface area (Å²) < 4.78 is 42.8. The van der Waals surface area contributed by atoms with E-state index in [9.17, 15) is 33.6 Å². The molecule has 4 atom stereocenters. The first kappa shape index (κ1) is 48.6. The van der Waals surface area contributed by atoms with E-state index in [0.29, 0.717) is 37.5 Å². The molecule has 0 spiro atoms. The summed E-state index contributed by atoms with van der Waals surface area (Å²) in [6.45, 7) is 2.26. The number of carbonyl (C=O) groups is 7. The molecular weight excluding hydrogens is 818 g/mol. The van der Waals surface area contributed by atoms with E-state index in [4.69, 9.17) is 23.7 Å². The van der Waals surface area contributed by atoms with Crippen molar-refractivity contribution in [3.05, 3.63) is 71.3 Å². The molecule has 2 saturated carbocycles. The summed E-state index contributed by atoms with van der Waals surface area (Å²) in [5.74, 6) is -4.41. The van der Waals surface area contributed by atoms with Crippen LogP contribution in [0.25, 0.3) is 0 Å². The molecule has 2 aromatic carbocycles. The first-order valence-electron chi connectivity index (χ1n) is 21.8. The number of hydrogen-bond acceptors (Lipinski definition) is 12. The van der Waals surface area contributed by atoms with Crippen LogP contribution in [0.15, 0.2) is 54.6 Å². The Kier molecular flexibility index (Phi) is 17.6. The first-order valence-corrected chi connectivity index (χ1v) is 21.8. The lowest BCUT2D eigenvalue weighted by molar-refractivity contribution is -0.171. The molecule has 344 valence electrons. The maximum atomic E-state index is 15.4. The van der Waals surface area contributed by atoms with Crippen molar-refractivity contribution in [3.8, 4) is 0 Å². The van der Waals surface area contributed by atoms with Crippen molar-refractivity contribution in [2.24, 2.45) is 11.8 Å². The van der Waals surface area contributed by atoms with Gasteiger partial charge in [0, 0.05) is 47.2 Å². The van der Waals surface area contributed by atoms with Crippen LogP contribution in [0.1, 0.15) is 94.2 Å². The molecule has 3 amide bonds. The third-order valence-electron chi connectivity index (χ3n) is 11.9. The summed E-state index contributed by atoms with van der Waals surface area (Å²) in [5.41, 5.74) is 0.471. The lowest BCUT2D eigenvalue weighted by atomic mass is 9.90. The molecule has 0 N–H and O–H groups in total. The molecule has 1 heterocycles. The summed E-state index contributed by atoms with van der Waals surface area (Å²) in [4.78, 5) is 96.3. The number of carbonyl (C=O) groups excluding carboxylic acids is 7. The average molecular weight is 880 g/mol. The van der Waals surface area contributed by atoms with Crippen molar-refractivity contribution in [1.82, 2.24) is 14.7 Å². The largest absolute Gasteiger partial charge is 0.458 e. The van der Waals surface area contributed by atoms with Crippen molar-refractivity contribution in [1.29, 1.82) is 0 Å². The predicted octanol–water partition coefficient (Wildman–Crippen LogP) is 4.71. The number of nitrogens with zero attached hydrogens (tertiary/aromatic N) is 3. The molecule has 0 radical (unpaired) electrons. The van der Waals surface area contributed by atoms with Gasteiger partial charge < -0.3 is 38.4 Å². The van der Waals surface area contributed by atoms with Crippen molar-refractivity contribution in [3.63, 3.8) is 0 Å². The Bertz CT molecular complexity index is 1880. The van der Waals surface area contributed by atoms with E-state index in [-0.39, 0.29) is 31.3 Å². The van der Waals surface area contributed by atoms with Crippen LogP contribution < -0.4 is 0 Å². The quantitative estimate of drug-likeness (QED) is 0.0808. The number of halogens is 1. The highest BCUT2D eigenvalue weighted by Gasteiger charge is 2.41. The number of benzene rings is 2. The Morgan fingerprint density at radius 3 is 1.90 bits per heavy atom. The SMILES string of the molecule is CN(C=O)[C@@H](CC1CC1)C(=O)OCC(=O)N(C)[C@@H](CC(C)(C)F)C(=O)O[C@H](Cc1ccc(C2CCOCC2)cc1)C(=O)N(C)[C@@H](CC1CC1)C(=O)OCC(=O)OCc1ccccc1. The Balaban J connectivity index is 1.33. The Morgan fingerprint density at radius 2 is 1.32 bits per heavy atom. The van der Waals surface area contributed by atoms with E-state index in [2.05, 4.69) is 0 Å². The minimum absolute atomic E-state index is 0.0173. The van der Waals surface area contributed by atoms with E-state index >= 15 is 4.39 Å². The topological polar surface area (TPSA) is 175 Å². The minimum atomic E-state index is -2.01. The maximum Gasteiger partial charge on any atom is 0.344 e. The molecule has 5 rings (SSSR count). The van der Waals surface area contributed by atoms with Gasteiger partial charge in [-0.1, -0.05) is 80.3 Å². The molecule has 0 aromatic heterocycles. The molecule has 0 unspecified atom stereocenters. The molecule has 16 heteroatoms. The van der Waals surface area contributed by atoms with Gasteiger partial charge in [0.2, 0.25) is 6.41 Å². The van der Waals surface area contributed by atoms with E-state index in [1.807, 2.05) is 30.3 Å². The molecule has 2 aromatic rings. The van der Waals surface area contributed by atoms with Gasteiger partial charge in [-0.25, -0.2) is 23.6 Å². The highest BCUT2D eigenvalue weighted by molar-refractivity contribution is 5.91. The number of amides is 3. The average Bonchev–Trinajstić information content (AvgIpc) is 4.23. The highest BCUT2D eigenvalue weighted by atomic mass is 19.1. The van der Waals surface area contributed by atoms with Gasteiger partial charge in [-0.3, -0.25) is 14.4 Å². The van der Waals surface area contributed by atoms with Gasteiger partial charge in [0.1, 0.15) is 30.4 Å². The van der Waals surface area contributed by atoms with Crippen molar-refractivity contribution in [2.75, 3.05) is 47.6 Å². The zero-order valence-corrected chi connectivity index (χ0v) is 37.0. The second-order valence-electron chi connectivity index (χ2n) is 17.7. The third-order valence-corrected chi connectivity index (χ3v) is 11.9. The molecule has 2 aliphatic carbocycles. The van der Waals surface area contributed by atoms with Gasteiger partial charge in [-0.2, -0.15) is 0 Å². The molecule has 1 saturated heterocycles. The van der Waals surface area contributed by atoms with Gasteiger partial charge in [-0.15, -0.1) is 0 Å². The lowest BCUT2D eigenvalue weighted by Gasteiger charge is -2.33. The Morgan fingerprint density at radius 1 is 0.730 bits per heavy atom. The monoisotopic (exact) mass is 879 g/mol. The fourth-order valence-corrected chi connectivity index (χ4v) is 7.55. The van der Waals surface area contributed by atoms with Crippen LogP contribution >= 0.6 is 0 Å². The van der Waals surface area contributed by atoms with Gasteiger partial charge in [0.15, 0.2) is 19.3 Å². The standard InChI is InChI=1S/C47H62FN3O12/c1-47(2,48)26-39(50(4)41(53)28-61-44(56)37(49(3)30-52)23-31-11-12-31)46(58)63-40(25-33-15-17-35(18-16-33)36-19-21-59-22-20-36)43(55)51(5)38(24-32-13-14-32)45(57)62-29-42(54)60-27-34-9-7-6-8-10-34/h6-10,15-18,30-32,36-40H,11-14,19-29H2,1-5H3/t37-,38-,39-,40+/m0/s1. The summed E-state index contributed by atoms with van der Waals surface area (Å²) in [6, 6.07) is 12.9. The lowest BCUT2D eigenvalue weighted by Crippen LogP contribution is -2.52. The fraction of sp³-hybridized carbons (Fsp3) is 0.596. The summed E-state index contributed by atoms with van der Waals surface area (Å²) in [5, 5.41) is 0. The molecular formula is C47H62FN3O12. The van der Waals surface area contributed by atoms with Crippen molar-refractivity contribution >= 4 is 42.1 Å². The zero-order chi connectivity index (χ0) is 45.7. The zero-order valence-electron chi connectivity index (χ0n) is 37.0. The van der Waals surface area contributed by atoms with Crippen LogP contribution in [0.5, 0.6) is 0 Å². The Hall–Kier alpha value is -5.38. The molecule has 15 nitrogen and oxygen atoms in total. The first-order chi connectivity index (χ1) is 30.0. The number of ether oxygens (including phenoxy) is 5.